The van der Waals surface area contributed by atoms with Crippen molar-refractivity contribution in [2.75, 3.05) is 0 Å². The number of ether oxygens (including phenoxy) is 1. The number of halogens is 2. The number of hydrogen-bond donors (Lipinski definition) is 0. The zero-order chi connectivity index (χ0) is 9.68. The molecule has 76 valence electrons. The van der Waals surface area contributed by atoms with Gasteiger partial charge >= 0.3 is 33.6 Å². The molecule has 0 unspecified atom stereocenters. The Bertz CT molecular complexity index is 314. The SMILES string of the molecule is CC(=O)OC=C=C1C=C[C](F)C=C1.[Cl-].[Hg+]. The van der Waals surface area contributed by atoms with Gasteiger partial charge in [0.25, 0.3) is 0 Å². The Morgan fingerprint density at radius 2 is 1.93 bits per heavy atom. The van der Waals surface area contributed by atoms with E-state index in [1.165, 1.54) is 31.2 Å². The van der Waals surface area contributed by atoms with E-state index in [2.05, 4.69) is 10.5 Å². The van der Waals surface area contributed by atoms with E-state index in [0.29, 0.717) is 5.57 Å². The zero-order valence-corrected chi connectivity index (χ0v) is 14.4. The maximum Gasteiger partial charge on any atom is 1.00 e. The maximum absolute atomic E-state index is 12.4. The largest absolute Gasteiger partial charge is 1.00 e. The molecule has 0 saturated heterocycles. The Morgan fingerprint density at radius 1 is 1.40 bits per heavy atom. The van der Waals surface area contributed by atoms with Crippen LogP contribution in [0.4, 0.5) is 4.39 Å². The molecule has 0 bridgehead atoms. The average molecular weight is 415 g/mol. The van der Waals surface area contributed by atoms with E-state index in [1.54, 1.807) is 0 Å². The predicted molar refractivity (Wildman–Crippen MR) is 46.0 cm³/mol. The van der Waals surface area contributed by atoms with Crippen LogP contribution in [0.25, 0.3) is 0 Å². The second kappa shape index (κ2) is 8.90. The summed E-state index contributed by atoms with van der Waals surface area (Å²) in [5.74, 6) is -0.408. The third-order valence-corrected chi connectivity index (χ3v) is 1.29. The van der Waals surface area contributed by atoms with Crippen molar-refractivity contribution in [2.24, 2.45) is 0 Å². The molecular weight excluding hydrogens is 407 g/mol. The van der Waals surface area contributed by atoms with Crippen molar-refractivity contribution in [3.05, 3.63) is 48.0 Å². The van der Waals surface area contributed by atoms with Gasteiger partial charge in [0, 0.05) is 12.5 Å². The van der Waals surface area contributed by atoms with Crippen LogP contribution in [0, 0.1) is 6.17 Å². The summed E-state index contributed by atoms with van der Waals surface area (Å²) in [6, 6.07) is 0. The molecule has 1 rings (SSSR count). The van der Waals surface area contributed by atoms with Gasteiger partial charge in [-0.3, -0.25) is 4.79 Å². The van der Waals surface area contributed by atoms with Crippen molar-refractivity contribution in [3.8, 4) is 0 Å². The Hall–Kier alpha value is -0.375. The average Bonchev–Trinajstić information content (AvgIpc) is 2.08. The first kappa shape index (κ1) is 17.0. The summed E-state index contributed by atoms with van der Waals surface area (Å²) in [7, 11) is 0. The summed E-state index contributed by atoms with van der Waals surface area (Å²) >= 11 is 0. The van der Waals surface area contributed by atoms with Crippen molar-refractivity contribution < 1.29 is 54.0 Å². The molecule has 0 aromatic heterocycles. The molecule has 0 aromatic rings. The van der Waals surface area contributed by atoms with E-state index in [-0.39, 0.29) is 46.2 Å². The number of esters is 1. The summed E-state index contributed by atoms with van der Waals surface area (Å²) in [6.07, 6.45) is 6.53. The van der Waals surface area contributed by atoms with Gasteiger partial charge in [-0.2, -0.15) is 0 Å². The molecule has 0 fully saturated rings. The molecule has 15 heavy (non-hydrogen) atoms. The molecule has 0 heterocycles. The standard InChI is InChI=1S/C10H8FO2.ClH.Hg/c1-8(12)13-7-6-9-2-4-10(11)5-3-9;;/h2-5,7H,1H3;1H;/q;;+1/p-1. The van der Waals surface area contributed by atoms with Crippen LogP contribution in [0.1, 0.15) is 6.92 Å². The molecular formula is C10H8ClFHgO2. The Kier molecular flexibility index (Phi) is 10.1. The first-order chi connectivity index (χ1) is 6.18. The number of carbonyl (C=O) groups is 1. The molecule has 0 amide bonds. The number of rotatable bonds is 1. The fourth-order valence-electron chi connectivity index (χ4n) is 0.727. The van der Waals surface area contributed by atoms with E-state index >= 15 is 0 Å². The third-order valence-electron chi connectivity index (χ3n) is 1.29. The second-order valence-corrected chi connectivity index (χ2v) is 2.38. The van der Waals surface area contributed by atoms with Gasteiger partial charge in [0.2, 0.25) is 0 Å². The summed E-state index contributed by atoms with van der Waals surface area (Å²) in [5, 5.41) is 0. The zero-order valence-electron chi connectivity index (χ0n) is 8.17. The van der Waals surface area contributed by atoms with Crippen molar-refractivity contribution in [1.82, 2.24) is 0 Å². The van der Waals surface area contributed by atoms with Crippen molar-refractivity contribution >= 4 is 5.97 Å². The minimum atomic E-state index is -0.408. The van der Waals surface area contributed by atoms with E-state index in [9.17, 15) is 9.18 Å². The van der Waals surface area contributed by atoms with Crippen molar-refractivity contribution in [3.63, 3.8) is 0 Å². The Balaban J connectivity index is 0. The van der Waals surface area contributed by atoms with Crippen molar-refractivity contribution in [1.29, 1.82) is 0 Å². The topological polar surface area (TPSA) is 26.3 Å². The van der Waals surface area contributed by atoms with Crippen LogP contribution < -0.4 is 12.4 Å². The fourth-order valence-corrected chi connectivity index (χ4v) is 0.727. The first-order valence-corrected chi connectivity index (χ1v) is 3.69. The Morgan fingerprint density at radius 3 is 2.40 bits per heavy atom. The normalized spacial score (nSPS) is 13.3. The monoisotopic (exact) mass is 416 g/mol. The molecule has 5 heteroatoms. The van der Waals surface area contributed by atoms with Crippen LogP contribution in [0.3, 0.4) is 0 Å². The van der Waals surface area contributed by atoms with Gasteiger partial charge in [-0.15, -0.1) is 0 Å². The molecule has 1 aliphatic carbocycles. The van der Waals surface area contributed by atoms with Gasteiger partial charge in [-0.1, -0.05) is 5.73 Å². The molecule has 2 radical (unpaired) electrons. The number of hydrogen-bond acceptors (Lipinski definition) is 2. The minimum absolute atomic E-state index is 0. The second-order valence-electron chi connectivity index (χ2n) is 2.38. The van der Waals surface area contributed by atoms with Gasteiger partial charge < -0.3 is 17.1 Å². The first-order valence-electron chi connectivity index (χ1n) is 3.69. The summed E-state index contributed by atoms with van der Waals surface area (Å²) < 4.78 is 16.9. The molecule has 0 atom stereocenters. The Labute approximate surface area is 114 Å². The van der Waals surface area contributed by atoms with Gasteiger partial charge in [-0.05, 0) is 24.3 Å². The molecule has 0 saturated carbocycles. The van der Waals surface area contributed by atoms with Crippen molar-refractivity contribution in [2.45, 2.75) is 6.92 Å². The van der Waals surface area contributed by atoms with Gasteiger partial charge in [0.1, 0.15) is 6.26 Å². The van der Waals surface area contributed by atoms with E-state index in [1.807, 2.05) is 0 Å². The van der Waals surface area contributed by atoms with Crippen LogP contribution in [0.15, 0.2) is 41.9 Å². The van der Waals surface area contributed by atoms with E-state index in [4.69, 9.17) is 0 Å². The van der Waals surface area contributed by atoms with Crippen LogP contribution in [0.5, 0.6) is 0 Å². The van der Waals surface area contributed by atoms with E-state index in [0.717, 1.165) is 6.26 Å². The van der Waals surface area contributed by atoms with Gasteiger partial charge in [0.05, 0.1) is 0 Å². The molecule has 2 nitrogen and oxygen atoms in total. The fraction of sp³-hybridized carbons (Fsp3) is 0.100. The van der Waals surface area contributed by atoms with Gasteiger partial charge in [-0.25, -0.2) is 4.39 Å². The van der Waals surface area contributed by atoms with Crippen LogP contribution in [-0.2, 0) is 37.2 Å². The molecule has 0 aromatic carbocycles. The molecule has 0 aliphatic heterocycles. The summed E-state index contributed by atoms with van der Waals surface area (Å²) in [6.45, 7) is 1.29. The molecule has 0 N–H and O–H groups in total. The number of carbonyl (C=O) groups excluding carboxylic acids is 1. The molecule has 0 spiro atoms. The summed E-state index contributed by atoms with van der Waals surface area (Å²) in [4.78, 5) is 10.3. The quantitative estimate of drug-likeness (QED) is 0.243. The van der Waals surface area contributed by atoms with Crippen LogP contribution in [0.2, 0.25) is 0 Å². The van der Waals surface area contributed by atoms with Gasteiger partial charge in [0.15, 0.2) is 6.17 Å². The van der Waals surface area contributed by atoms with Crippen LogP contribution >= 0.6 is 0 Å². The predicted octanol–water partition coefficient (Wildman–Crippen LogP) is -0.783. The maximum atomic E-state index is 12.4. The molecule has 1 aliphatic rings. The van der Waals surface area contributed by atoms with E-state index < -0.39 is 5.97 Å². The summed E-state index contributed by atoms with van der Waals surface area (Å²) in [5.41, 5.74) is 3.32. The third kappa shape index (κ3) is 7.54. The number of allylic oxidation sites excluding steroid dienone is 5. The van der Waals surface area contributed by atoms with Crippen LogP contribution in [-0.4, -0.2) is 5.97 Å². The minimum Gasteiger partial charge on any atom is -1.00 e. The smallest absolute Gasteiger partial charge is 1.00 e.